The Labute approximate surface area is 210 Å². The van der Waals surface area contributed by atoms with Crippen LogP contribution >= 0.6 is 0 Å². The maximum atomic E-state index is 14.2. The second-order valence-electron chi connectivity index (χ2n) is 9.49. The van der Waals surface area contributed by atoms with Crippen molar-refractivity contribution in [2.45, 2.75) is 50.5 Å². The smallest absolute Gasteiger partial charge is 0.338 e. The van der Waals surface area contributed by atoms with Crippen molar-refractivity contribution >= 4 is 21.7 Å². The number of methoxy groups -OCH3 is 1. The minimum absolute atomic E-state index is 0.130. The summed E-state index contributed by atoms with van der Waals surface area (Å²) in [6.45, 7) is 4.58. The number of hydrogen-bond acceptors (Lipinski definition) is 5. The number of hydrogen-bond donors (Lipinski definition) is 2. The van der Waals surface area contributed by atoms with E-state index in [0.29, 0.717) is 11.6 Å². The number of halogens is 1. The molecule has 3 aromatic rings. The normalized spacial score (nSPS) is 18.2. The van der Waals surface area contributed by atoms with Gasteiger partial charge in [-0.15, -0.1) is 0 Å². The second kappa shape index (κ2) is 10.3. The fourth-order valence-corrected chi connectivity index (χ4v) is 5.76. The third kappa shape index (κ3) is 5.38. The first kappa shape index (κ1) is 25.7. The molecule has 8 nitrogen and oxygen atoms in total. The lowest BCUT2D eigenvalue weighted by atomic mass is 9.75. The monoisotopic (exact) mass is 515 g/mol. The minimum atomic E-state index is -4.20. The molecular weight excluding hydrogens is 485 g/mol. The predicted octanol–water partition coefficient (Wildman–Crippen LogP) is 5.45. The molecule has 192 valence electrons. The van der Waals surface area contributed by atoms with Crippen molar-refractivity contribution in [2.24, 2.45) is 11.8 Å². The molecule has 0 saturated heterocycles. The zero-order valence-corrected chi connectivity index (χ0v) is 21.3. The largest absolute Gasteiger partial charge is 0.495 e. The molecule has 0 bridgehead atoms. The number of carboxylic acid groups (broad SMARTS) is 1. The van der Waals surface area contributed by atoms with E-state index in [9.17, 15) is 17.6 Å². The van der Waals surface area contributed by atoms with E-state index >= 15 is 0 Å². The van der Waals surface area contributed by atoms with Gasteiger partial charge in [-0.3, -0.25) is 4.72 Å². The fourth-order valence-electron chi connectivity index (χ4n) is 4.78. The summed E-state index contributed by atoms with van der Waals surface area (Å²) in [5.41, 5.74) is 1.13. The number of carbonyl (C=O) groups is 1. The van der Waals surface area contributed by atoms with E-state index in [1.54, 1.807) is 0 Å². The van der Waals surface area contributed by atoms with E-state index in [1.807, 2.05) is 12.1 Å². The molecule has 1 aliphatic rings. The Morgan fingerprint density at radius 1 is 1.14 bits per heavy atom. The SMILES string of the molecule is COc1cc(C(=O)O)c(F)cc1NS(=O)(=O)c1ccn(-c2ccc(C3CCC(C(C)C)CC3)cc2)n1. The second-order valence-corrected chi connectivity index (χ2v) is 11.1. The van der Waals surface area contributed by atoms with Crippen LogP contribution in [0.5, 0.6) is 5.75 Å². The van der Waals surface area contributed by atoms with Gasteiger partial charge in [-0.25, -0.2) is 13.9 Å². The number of nitrogens with one attached hydrogen (secondary N) is 1. The van der Waals surface area contributed by atoms with Gasteiger partial charge in [-0.2, -0.15) is 13.5 Å². The van der Waals surface area contributed by atoms with Crippen LogP contribution in [0.4, 0.5) is 10.1 Å². The van der Waals surface area contributed by atoms with Gasteiger partial charge in [0.15, 0.2) is 5.03 Å². The summed E-state index contributed by atoms with van der Waals surface area (Å²) in [6, 6.07) is 11.0. The molecule has 2 N–H and O–H groups in total. The van der Waals surface area contributed by atoms with E-state index in [0.717, 1.165) is 24.0 Å². The molecular formula is C26H30FN3O5S. The van der Waals surface area contributed by atoms with Crippen LogP contribution in [0.15, 0.2) is 53.7 Å². The van der Waals surface area contributed by atoms with Crippen LogP contribution in [0.3, 0.4) is 0 Å². The van der Waals surface area contributed by atoms with E-state index in [1.165, 1.54) is 55.3 Å². The maximum Gasteiger partial charge on any atom is 0.338 e. The first-order valence-electron chi connectivity index (χ1n) is 11.9. The number of ether oxygens (including phenoxy) is 1. The first-order valence-corrected chi connectivity index (χ1v) is 13.4. The molecule has 1 fully saturated rings. The van der Waals surface area contributed by atoms with Crippen LogP contribution in [0.2, 0.25) is 0 Å². The molecule has 1 aliphatic carbocycles. The molecule has 4 rings (SSSR count). The summed E-state index contributed by atoms with van der Waals surface area (Å²) < 4.78 is 48.7. The summed E-state index contributed by atoms with van der Waals surface area (Å²) in [5, 5.41) is 13.0. The lowest BCUT2D eigenvalue weighted by Gasteiger charge is -2.31. The van der Waals surface area contributed by atoms with Crippen LogP contribution in [0, 0.1) is 17.7 Å². The molecule has 0 unspecified atom stereocenters. The number of anilines is 1. The fraction of sp³-hybridized carbons (Fsp3) is 0.385. The zero-order valence-electron chi connectivity index (χ0n) is 20.4. The summed E-state index contributed by atoms with van der Waals surface area (Å²) in [7, 11) is -2.97. The van der Waals surface area contributed by atoms with Crippen molar-refractivity contribution in [3.8, 4) is 11.4 Å². The van der Waals surface area contributed by atoms with E-state index < -0.39 is 27.4 Å². The molecule has 0 spiro atoms. The molecule has 0 atom stereocenters. The molecule has 0 aliphatic heterocycles. The number of sulfonamides is 1. The van der Waals surface area contributed by atoms with Crippen LogP contribution in [0.25, 0.3) is 5.69 Å². The number of nitrogens with zero attached hydrogens (tertiary/aromatic N) is 2. The van der Waals surface area contributed by atoms with E-state index in [4.69, 9.17) is 9.84 Å². The number of rotatable bonds is 8. The van der Waals surface area contributed by atoms with Crippen LogP contribution in [0.1, 0.15) is 61.4 Å². The quantitative estimate of drug-likeness (QED) is 0.413. The van der Waals surface area contributed by atoms with Gasteiger partial charge in [0.05, 0.1) is 24.0 Å². The summed E-state index contributed by atoms with van der Waals surface area (Å²) >= 11 is 0. The number of aromatic nitrogens is 2. The van der Waals surface area contributed by atoms with Gasteiger partial charge in [-0.05, 0) is 73.3 Å². The van der Waals surface area contributed by atoms with Crippen molar-refractivity contribution in [3.05, 3.63) is 65.6 Å². The van der Waals surface area contributed by atoms with Gasteiger partial charge in [0.1, 0.15) is 11.6 Å². The highest BCUT2D eigenvalue weighted by Crippen LogP contribution is 2.38. The molecule has 1 heterocycles. The molecule has 0 amide bonds. The Bertz CT molecular complexity index is 1340. The number of benzene rings is 2. The Hall–Kier alpha value is -3.40. The number of aromatic carboxylic acids is 1. The molecule has 1 aromatic heterocycles. The Morgan fingerprint density at radius 3 is 2.39 bits per heavy atom. The highest BCUT2D eigenvalue weighted by atomic mass is 32.2. The number of carboxylic acids is 1. The Kier molecular flexibility index (Phi) is 7.35. The highest BCUT2D eigenvalue weighted by Gasteiger charge is 2.25. The third-order valence-corrected chi connectivity index (χ3v) is 8.20. The van der Waals surface area contributed by atoms with Crippen molar-refractivity contribution in [1.82, 2.24) is 9.78 Å². The van der Waals surface area contributed by atoms with Gasteiger partial charge in [0.25, 0.3) is 10.0 Å². The predicted molar refractivity (Wildman–Crippen MR) is 134 cm³/mol. The van der Waals surface area contributed by atoms with Gasteiger partial charge < -0.3 is 9.84 Å². The molecule has 1 saturated carbocycles. The lowest BCUT2D eigenvalue weighted by Crippen LogP contribution is -2.17. The van der Waals surface area contributed by atoms with Crippen LogP contribution in [-0.4, -0.2) is 36.4 Å². The maximum absolute atomic E-state index is 14.2. The highest BCUT2D eigenvalue weighted by molar-refractivity contribution is 7.92. The minimum Gasteiger partial charge on any atom is -0.495 e. The summed E-state index contributed by atoms with van der Waals surface area (Å²) in [6.07, 6.45) is 6.37. The average Bonchev–Trinajstić information content (AvgIpc) is 3.35. The van der Waals surface area contributed by atoms with E-state index in [2.05, 4.69) is 35.8 Å². The van der Waals surface area contributed by atoms with Gasteiger partial charge >= 0.3 is 5.97 Å². The molecule has 10 heteroatoms. The van der Waals surface area contributed by atoms with E-state index in [-0.39, 0.29) is 16.5 Å². The van der Waals surface area contributed by atoms with Crippen molar-refractivity contribution in [3.63, 3.8) is 0 Å². The van der Waals surface area contributed by atoms with Crippen LogP contribution < -0.4 is 9.46 Å². The van der Waals surface area contributed by atoms with Gasteiger partial charge in [-0.1, -0.05) is 26.0 Å². The van der Waals surface area contributed by atoms with Gasteiger partial charge in [0, 0.05) is 12.3 Å². The first-order chi connectivity index (χ1) is 17.1. The molecule has 0 radical (unpaired) electrons. The summed E-state index contributed by atoms with van der Waals surface area (Å²) in [5.74, 6) is -0.662. The third-order valence-electron chi connectivity index (χ3n) is 6.95. The summed E-state index contributed by atoms with van der Waals surface area (Å²) in [4.78, 5) is 11.1. The average molecular weight is 516 g/mol. The van der Waals surface area contributed by atoms with Crippen molar-refractivity contribution < 1.29 is 27.4 Å². The lowest BCUT2D eigenvalue weighted by molar-refractivity contribution is 0.0691. The van der Waals surface area contributed by atoms with Gasteiger partial charge in [0.2, 0.25) is 0 Å². The molecule has 2 aromatic carbocycles. The Balaban J connectivity index is 1.50. The van der Waals surface area contributed by atoms with Crippen LogP contribution in [-0.2, 0) is 10.0 Å². The van der Waals surface area contributed by atoms with Crippen molar-refractivity contribution in [1.29, 1.82) is 0 Å². The van der Waals surface area contributed by atoms with Crippen molar-refractivity contribution in [2.75, 3.05) is 11.8 Å². The zero-order chi connectivity index (χ0) is 26.0. The Morgan fingerprint density at radius 2 is 1.81 bits per heavy atom. The topological polar surface area (TPSA) is 111 Å². The standard InChI is InChI=1S/C26H30FN3O5S/c1-16(2)17-4-6-18(7-5-17)19-8-10-20(11-9-19)30-13-12-25(28-30)36(33,34)29-23-15-22(27)21(26(31)32)14-24(23)35-3/h8-18,29H,4-7H2,1-3H3,(H,31,32). The molecule has 36 heavy (non-hydrogen) atoms.